The van der Waals surface area contributed by atoms with E-state index in [-0.39, 0.29) is 0 Å². The Kier molecular flexibility index (Phi) is 5.46. The standard InChI is InChI=1S/C15H30N2O/c1-12-5-4-6-15(9-12)16-7-8-17-10-14(3)18-11-13(17)2/h12-16H,4-11H2,1-3H3. The normalized spacial score (nSPS) is 38.8. The summed E-state index contributed by atoms with van der Waals surface area (Å²) in [4.78, 5) is 2.56. The third-order valence-electron chi connectivity index (χ3n) is 4.51. The molecule has 1 heterocycles. The Labute approximate surface area is 112 Å². The molecule has 3 heteroatoms. The van der Waals surface area contributed by atoms with Gasteiger partial charge in [-0.3, -0.25) is 4.90 Å². The summed E-state index contributed by atoms with van der Waals surface area (Å²) < 4.78 is 5.67. The summed E-state index contributed by atoms with van der Waals surface area (Å²) in [5.41, 5.74) is 0. The summed E-state index contributed by atoms with van der Waals surface area (Å²) in [6.45, 7) is 11.1. The van der Waals surface area contributed by atoms with E-state index in [0.29, 0.717) is 12.1 Å². The Morgan fingerprint density at radius 2 is 2.06 bits per heavy atom. The molecule has 0 aromatic rings. The summed E-state index contributed by atoms with van der Waals surface area (Å²) in [5.74, 6) is 0.915. The first-order valence-corrected chi connectivity index (χ1v) is 7.74. The van der Waals surface area contributed by atoms with Gasteiger partial charge in [-0.25, -0.2) is 0 Å². The van der Waals surface area contributed by atoms with Crippen LogP contribution in [0.25, 0.3) is 0 Å². The van der Waals surface area contributed by atoms with Gasteiger partial charge in [-0.2, -0.15) is 0 Å². The molecular formula is C15H30N2O. The minimum Gasteiger partial charge on any atom is -0.376 e. The maximum absolute atomic E-state index is 5.67. The van der Waals surface area contributed by atoms with Crippen molar-refractivity contribution in [3.8, 4) is 0 Å². The Morgan fingerprint density at radius 1 is 1.22 bits per heavy atom. The van der Waals surface area contributed by atoms with Crippen molar-refractivity contribution >= 4 is 0 Å². The number of rotatable bonds is 4. The highest BCUT2D eigenvalue weighted by Gasteiger charge is 2.23. The van der Waals surface area contributed by atoms with Crippen LogP contribution in [0, 0.1) is 5.92 Å². The van der Waals surface area contributed by atoms with Crippen molar-refractivity contribution in [2.24, 2.45) is 5.92 Å². The zero-order valence-electron chi connectivity index (χ0n) is 12.3. The lowest BCUT2D eigenvalue weighted by molar-refractivity contribution is -0.0488. The molecule has 106 valence electrons. The molecule has 1 N–H and O–H groups in total. The van der Waals surface area contributed by atoms with Crippen molar-refractivity contribution in [1.29, 1.82) is 0 Å². The van der Waals surface area contributed by atoms with Crippen LogP contribution < -0.4 is 5.32 Å². The van der Waals surface area contributed by atoms with Crippen LogP contribution >= 0.6 is 0 Å². The molecule has 1 aliphatic heterocycles. The molecule has 0 aromatic heterocycles. The third-order valence-corrected chi connectivity index (χ3v) is 4.51. The molecule has 4 atom stereocenters. The van der Waals surface area contributed by atoms with Crippen LogP contribution in [0.1, 0.15) is 46.5 Å². The first-order chi connectivity index (χ1) is 8.65. The largest absolute Gasteiger partial charge is 0.376 e. The van der Waals surface area contributed by atoms with Gasteiger partial charge in [0.25, 0.3) is 0 Å². The van der Waals surface area contributed by atoms with Crippen molar-refractivity contribution in [2.45, 2.75) is 64.6 Å². The zero-order chi connectivity index (χ0) is 13.0. The topological polar surface area (TPSA) is 24.5 Å². The molecule has 1 aliphatic carbocycles. The fourth-order valence-corrected chi connectivity index (χ4v) is 3.32. The molecule has 0 amide bonds. The van der Waals surface area contributed by atoms with Gasteiger partial charge in [0.1, 0.15) is 0 Å². The average molecular weight is 254 g/mol. The first kappa shape index (κ1) is 14.3. The summed E-state index contributed by atoms with van der Waals surface area (Å²) in [6.07, 6.45) is 5.98. The molecule has 2 rings (SSSR count). The number of hydrogen-bond acceptors (Lipinski definition) is 3. The van der Waals surface area contributed by atoms with Crippen LogP contribution in [-0.4, -0.2) is 49.3 Å². The summed E-state index contributed by atoms with van der Waals surface area (Å²) in [6, 6.07) is 1.34. The molecule has 0 spiro atoms. The molecule has 1 saturated carbocycles. The van der Waals surface area contributed by atoms with Gasteiger partial charge in [0, 0.05) is 31.7 Å². The predicted octanol–water partition coefficient (Wildman–Crippen LogP) is 2.26. The van der Waals surface area contributed by atoms with Gasteiger partial charge in [0.2, 0.25) is 0 Å². The van der Waals surface area contributed by atoms with Crippen LogP contribution in [-0.2, 0) is 4.74 Å². The first-order valence-electron chi connectivity index (χ1n) is 7.74. The summed E-state index contributed by atoms with van der Waals surface area (Å²) in [5, 5.41) is 3.75. The number of hydrogen-bond donors (Lipinski definition) is 1. The molecule has 2 fully saturated rings. The lowest BCUT2D eigenvalue weighted by atomic mass is 9.87. The van der Waals surface area contributed by atoms with Crippen LogP contribution in [0.15, 0.2) is 0 Å². The summed E-state index contributed by atoms with van der Waals surface area (Å²) in [7, 11) is 0. The highest BCUT2D eigenvalue weighted by atomic mass is 16.5. The molecule has 0 radical (unpaired) electrons. The second-order valence-corrected chi connectivity index (χ2v) is 6.41. The van der Waals surface area contributed by atoms with Gasteiger partial charge < -0.3 is 10.1 Å². The number of nitrogens with zero attached hydrogens (tertiary/aromatic N) is 1. The van der Waals surface area contributed by atoms with E-state index in [1.807, 2.05) is 0 Å². The van der Waals surface area contributed by atoms with Crippen molar-refractivity contribution in [3.05, 3.63) is 0 Å². The van der Waals surface area contributed by atoms with Crippen molar-refractivity contribution < 1.29 is 4.74 Å². The van der Waals surface area contributed by atoms with Gasteiger partial charge in [-0.15, -0.1) is 0 Å². The van der Waals surface area contributed by atoms with Crippen LogP contribution in [0.3, 0.4) is 0 Å². The highest BCUT2D eigenvalue weighted by Crippen LogP contribution is 2.23. The molecule has 2 aliphatic rings. The van der Waals surface area contributed by atoms with E-state index in [0.717, 1.165) is 31.7 Å². The number of ether oxygens (including phenoxy) is 1. The van der Waals surface area contributed by atoms with E-state index in [2.05, 4.69) is 31.0 Å². The van der Waals surface area contributed by atoms with E-state index in [9.17, 15) is 0 Å². The maximum atomic E-state index is 5.67. The van der Waals surface area contributed by atoms with E-state index < -0.39 is 0 Å². The Hall–Kier alpha value is -0.120. The van der Waals surface area contributed by atoms with Crippen molar-refractivity contribution in [3.63, 3.8) is 0 Å². The van der Waals surface area contributed by atoms with E-state index in [4.69, 9.17) is 4.74 Å². The fraction of sp³-hybridized carbons (Fsp3) is 1.00. The molecule has 0 bridgehead atoms. The minimum absolute atomic E-state index is 0.399. The smallest absolute Gasteiger partial charge is 0.0674 e. The Balaban J connectivity index is 1.64. The second-order valence-electron chi connectivity index (χ2n) is 6.41. The van der Waals surface area contributed by atoms with Gasteiger partial charge in [-0.1, -0.05) is 19.8 Å². The molecule has 0 aromatic carbocycles. The Morgan fingerprint density at radius 3 is 2.83 bits per heavy atom. The van der Waals surface area contributed by atoms with Crippen molar-refractivity contribution in [2.75, 3.05) is 26.2 Å². The van der Waals surface area contributed by atoms with Gasteiger partial charge in [-0.05, 0) is 32.6 Å². The van der Waals surface area contributed by atoms with Gasteiger partial charge >= 0.3 is 0 Å². The maximum Gasteiger partial charge on any atom is 0.0674 e. The number of nitrogens with one attached hydrogen (secondary N) is 1. The minimum atomic E-state index is 0.399. The molecular weight excluding hydrogens is 224 g/mol. The van der Waals surface area contributed by atoms with E-state index >= 15 is 0 Å². The highest BCUT2D eigenvalue weighted by molar-refractivity contribution is 4.79. The lowest BCUT2D eigenvalue weighted by Crippen LogP contribution is -2.50. The van der Waals surface area contributed by atoms with Crippen LogP contribution in [0.2, 0.25) is 0 Å². The third kappa shape index (κ3) is 4.22. The zero-order valence-corrected chi connectivity index (χ0v) is 12.3. The summed E-state index contributed by atoms with van der Waals surface area (Å²) >= 11 is 0. The van der Waals surface area contributed by atoms with Gasteiger partial charge in [0.05, 0.1) is 12.7 Å². The molecule has 1 saturated heterocycles. The van der Waals surface area contributed by atoms with Crippen LogP contribution in [0.5, 0.6) is 0 Å². The molecule has 4 unspecified atom stereocenters. The predicted molar refractivity (Wildman–Crippen MR) is 75.9 cm³/mol. The van der Waals surface area contributed by atoms with Gasteiger partial charge in [0.15, 0.2) is 0 Å². The van der Waals surface area contributed by atoms with E-state index in [1.165, 1.54) is 32.2 Å². The fourth-order valence-electron chi connectivity index (χ4n) is 3.32. The van der Waals surface area contributed by atoms with E-state index in [1.54, 1.807) is 0 Å². The number of morpholine rings is 1. The average Bonchev–Trinajstić information content (AvgIpc) is 2.34. The SMILES string of the molecule is CC1CCCC(NCCN2CC(C)OCC2C)C1. The molecule has 3 nitrogen and oxygen atoms in total. The molecule has 18 heavy (non-hydrogen) atoms. The monoisotopic (exact) mass is 254 g/mol. The Bertz CT molecular complexity index is 247. The quantitative estimate of drug-likeness (QED) is 0.833. The van der Waals surface area contributed by atoms with Crippen molar-refractivity contribution in [1.82, 2.24) is 10.2 Å². The van der Waals surface area contributed by atoms with Crippen LogP contribution in [0.4, 0.5) is 0 Å². The second kappa shape index (κ2) is 6.88. The lowest BCUT2D eigenvalue weighted by Gasteiger charge is -2.37.